The Hall–Kier alpha value is -4.30. The van der Waals surface area contributed by atoms with Gasteiger partial charge in [-0.1, -0.05) is 43.5 Å². The van der Waals surface area contributed by atoms with Crippen molar-refractivity contribution in [1.29, 1.82) is 0 Å². The first-order valence-corrected chi connectivity index (χ1v) is 18.8. The van der Waals surface area contributed by atoms with Crippen LogP contribution < -0.4 is 10.2 Å². The lowest BCUT2D eigenvalue weighted by Gasteiger charge is -2.27. The van der Waals surface area contributed by atoms with Crippen LogP contribution in [0.1, 0.15) is 114 Å². The van der Waals surface area contributed by atoms with E-state index < -0.39 is 23.4 Å². The van der Waals surface area contributed by atoms with Gasteiger partial charge in [0.1, 0.15) is 11.2 Å². The monoisotopic (exact) mass is 739 g/mol. The summed E-state index contributed by atoms with van der Waals surface area (Å²) in [7, 11) is 1.59. The van der Waals surface area contributed by atoms with E-state index in [1.807, 2.05) is 30.5 Å². The number of anilines is 1. The highest BCUT2D eigenvalue weighted by Crippen LogP contribution is 2.22. The molecule has 2 heterocycles. The molecule has 3 rings (SSSR count). The second kappa shape index (κ2) is 21.4. The quantitative estimate of drug-likeness (QED) is 0.116. The van der Waals surface area contributed by atoms with E-state index in [0.717, 1.165) is 44.2 Å². The van der Waals surface area contributed by atoms with Gasteiger partial charge in [0.2, 0.25) is 5.95 Å². The van der Waals surface area contributed by atoms with Gasteiger partial charge in [0, 0.05) is 31.6 Å². The minimum Gasteiger partial charge on any atom is -0.443 e. The first-order valence-electron chi connectivity index (χ1n) is 18.8. The van der Waals surface area contributed by atoms with Crippen molar-refractivity contribution in [2.45, 2.75) is 124 Å². The lowest BCUT2D eigenvalue weighted by Crippen LogP contribution is -2.41. The van der Waals surface area contributed by atoms with Crippen LogP contribution in [-0.4, -0.2) is 93.9 Å². The minimum absolute atomic E-state index is 0.0991. The molecule has 0 saturated carbocycles. The normalized spacial score (nSPS) is 11.8. The minimum atomic E-state index is -0.764. The molecule has 1 aromatic carbocycles. The maximum Gasteiger partial charge on any atom is 0.421 e. The van der Waals surface area contributed by atoms with Crippen LogP contribution in [0.25, 0.3) is 0 Å². The zero-order chi connectivity index (χ0) is 38.9. The van der Waals surface area contributed by atoms with Crippen molar-refractivity contribution >= 4 is 24.0 Å². The number of hydrogen-bond donors (Lipinski definition) is 1. The molecule has 2 aromatic heterocycles. The van der Waals surface area contributed by atoms with Gasteiger partial charge in [0.25, 0.3) is 5.91 Å². The van der Waals surface area contributed by atoms with Crippen molar-refractivity contribution in [3.8, 4) is 0 Å². The highest BCUT2D eigenvalue weighted by atomic mass is 16.6. The molecule has 0 saturated heterocycles. The first-order chi connectivity index (χ1) is 25.2. The molecule has 0 fully saturated rings. The van der Waals surface area contributed by atoms with Gasteiger partial charge in [-0.15, -0.1) is 5.10 Å². The number of unbranched alkanes of at least 4 members (excludes halogenated alkanes) is 4. The van der Waals surface area contributed by atoms with Crippen molar-refractivity contribution in [2.75, 3.05) is 44.9 Å². The van der Waals surface area contributed by atoms with Crippen LogP contribution in [0.5, 0.6) is 0 Å². The number of carbonyl (C=O) groups excluding carboxylic acids is 3. The Morgan fingerprint density at radius 3 is 2.15 bits per heavy atom. The van der Waals surface area contributed by atoms with E-state index >= 15 is 0 Å². The number of nitrogens with zero attached hydrogens (tertiary/aromatic N) is 6. The van der Waals surface area contributed by atoms with E-state index in [0.29, 0.717) is 44.0 Å². The number of benzene rings is 1. The number of amides is 2. The lowest BCUT2D eigenvalue weighted by molar-refractivity contribution is 0.0507. The van der Waals surface area contributed by atoms with E-state index in [4.69, 9.17) is 23.9 Å². The summed E-state index contributed by atoms with van der Waals surface area (Å²) in [4.78, 5) is 45.3. The Balaban J connectivity index is 1.53. The third-order valence-electron chi connectivity index (χ3n) is 7.94. The van der Waals surface area contributed by atoms with Gasteiger partial charge in [-0.2, -0.15) is 0 Å². The van der Waals surface area contributed by atoms with Crippen molar-refractivity contribution < 1.29 is 33.3 Å². The molecule has 14 nitrogen and oxygen atoms in total. The molecule has 3 aromatic rings. The number of methoxy groups -OCH3 is 1. The molecule has 0 atom stereocenters. The second-order valence-electron chi connectivity index (χ2n) is 15.1. The first kappa shape index (κ1) is 43.1. The predicted molar refractivity (Wildman–Crippen MR) is 203 cm³/mol. The van der Waals surface area contributed by atoms with Gasteiger partial charge >= 0.3 is 12.2 Å². The summed E-state index contributed by atoms with van der Waals surface area (Å²) in [6, 6.07) is 7.84. The van der Waals surface area contributed by atoms with Crippen LogP contribution >= 0.6 is 0 Å². The van der Waals surface area contributed by atoms with Gasteiger partial charge in [-0.3, -0.25) is 9.48 Å². The van der Waals surface area contributed by atoms with Crippen LogP contribution in [0.3, 0.4) is 0 Å². The van der Waals surface area contributed by atoms with Crippen LogP contribution in [0.4, 0.5) is 15.5 Å². The predicted octanol–water partition coefficient (Wildman–Crippen LogP) is 6.78. The molecule has 53 heavy (non-hydrogen) atoms. The van der Waals surface area contributed by atoms with Gasteiger partial charge in [0.15, 0.2) is 0 Å². The van der Waals surface area contributed by atoms with E-state index in [9.17, 15) is 14.4 Å². The molecule has 2 amide bonds. The Morgan fingerprint density at radius 2 is 1.49 bits per heavy atom. The Bertz CT molecular complexity index is 1560. The standard InChI is InChI=1S/C39H61N7O7/c1-9-10-12-15-30-18-20-31(21-19-30)34(47)40-22-23-44-28-33(42-43-44)17-14-11-13-16-32-29-46(37(49)53-39(5,6)7)35(41-32)45(24-25-51-27-26-50-8)36(48)52-38(2,3)4/h18-21,28-29H,9-17,22-27H2,1-8H3,(H,40,47). The smallest absolute Gasteiger partial charge is 0.421 e. The van der Waals surface area contributed by atoms with E-state index in [2.05, 4.69) is 22.6 Å². The summed E-state index contributed by atoms with van der Waals surface area (Å²) in [5.41, 5.74) is 1.92. The van der Waals surface area contributed by atoms with Crippen molar-refractivity contribution in [2.24, 2.45) is 0 Å². The number of hydrogen-bond acceptors (Lipinski definition) is 10. The summed E-state index contributed by atoms with van der Waals surface area (Å²) in [5.74, 6) is 0.0142. The molecule has 0 aliphatic heterocycles. The zero-order valence-electron chi connectivity index (χ0n) is 33.1. The average Bonchev–Trinajstić information content (AvgIpc) is 3.72. The number of nitrogens with one attached hydrogen (secondary N) is 1. The van der Waals surface area contributed by atoms with E-state index in [-0.39, 0.29) is 25.0 Å². The Kier molecular flexibility index (Phi) is 17.4. The van der Waals surface area contributed by atoms with Crippen molar-refractivity contribution in [1.82, 2.24) is 29.9 Å². The zero-order valence-corrected chi connectivity index (χ0v) is 33.1. The third-order valence-corrected chi connectivity index (χ3v) is 7.94. The molecule has 0 radical (unpaired) electrons. The summed E-state index contributed by atoms with van der Waals surface area (Å²) in [6.45, 7) is 14.9. The molecular weight excluding hydrogens is 678 g/mol. The highest BCUT2D eigenvalue weighted by Gasteiger charge is 2.30. The summed E-state index contributed by atoms with van der Waals surface area (Å²) >= 11 is 0. The maximum atomic E-state index is 13.4. The van der Waals surface area contributed by atoms with Gasteiger partial charge in [0.05, 0.1) is 44.3 Å². The largest absolute Gasteiger partial charge is 0.443 e. The molecule has 0 spiro atoms. The van der Waals surface area contributed by atoms with Crippen molar-refractivity contribution in [3.05, 3.63) is 59.2 Å². The summed E-state index contributed by atoms with van der Waals surface area (Å²) < 4.78 is 25.0. The number of carbonyl (C=O) groups is 3. The lowest BCUT2D eigenvalue weighted by atomic mass is 10.1. The number of ether oxygens (including phenoxy) is 4. The van der Waals surface area contributed by atoms with Crippen LogP contribution in [-0.2, 0) is 44.8 Å². The summed E-state index contributed by atoms with van der Waals surface area (Å²) in [5, 5.41) is 11.5. The van der Waals surface area contributed by atoms with Crippen LogP contribution in [0, 0.1) is 0 Å². The van der Waals surface area contributed by atoms with E-state index in [1.54, 1.807) is 59.5 Å². The number of aryl methyl sites for hydroxylation is 3. The van der Waals surface area contributed by atoms with E-state index in [1.165, 1.54) is 27.9 Å². The maximum absolute atomic E-state index is 13.4. The highest BCUT2D eigenvalue weighted by molar-refractivity contribution is 5.94. The molecule has 0 unspecified atom stereocenters. The average molecular weight is 740 g/mol. The Morgan fingerprint density at radius 1 is 0.811 bits per heavy atom. The van der Waals surface area contributed by atoms with Gasteiger partial charge in [-0.25, -0.2) is 24.0 Å². The topological polar surface area (TPSA) is 152 Å². The number of rotatable bonds is 21. The molecule has 0 bridgehead atoms. The molecule has 0 aliphatic rings. The number of imidazole rings is 1. The second-order valence-corrected chi connectivity index (χ2v) is 15.1. The SMILES string of the molecule is CCCCCc1ccc(C(=O)NCCn2cc(CCCCCc3cn(C(=O)OC(C)(C)C)c(N(CCOCCOC)C(=O)OC(C)(C)C)n3)nn2)cc1. The number of aromatic nitrogens is 5. The van der Waals surface area contributed by atoms with Crippen LogP contribution in [0.2, 0.25) is 0 Å². The molecule has 294 valence electrons. The fourth-order valence-electron chi connectivity index (χ4n) is 5.30. The molecule has 1 N–H and O–H groups in total. The van der Waals surface area contributed by atoms with Crippen LogP contribution in [0.15, 0.2) is 36.7 Å². The fourth-order valence-corrected chi connectivity index (χ4v) is 5.30. The molecule has 0 aliphatic carbocycles. The molecular formula is C39H61N7O7. The van der Waals surface area contributed by atoms with Crippen molar-refractivity contribution in [3.63, 3.8) is 0 Å². The Labute approximate surface area is 314 Å². The van der Waals surface area contributed by atoms with Gasteiger partial charge < -0.3 is 24.3 Å². The third kappa shape index (κ3) is 16.1. The summed E-state index contributed by atoms with van der Waals surface area (Å²) in [6.07, 6.45) is 10.8. The molecule has 14 heteroatoms. The van der Waals surface area contributed by atoms with Gasteiger partial charge in [-0.05, 0) is 97.8 Å². The fraction of sp³-hybridized carbons (Fsp3) is 0.641.